The molecule has 1 heterocycles. The lowest BCUT2D eigenvalue weighted by atomic mass is 9.95. The second-order valence-corrected chi connectivity index (χ2v) is 8.15. The van der Waals surface area contributed by atoms with Gasteiger partial charge in [0, 0.05) is 28.2 Å². The number of benzene rings is 2. The molecule has 6 heteroatoms. The van der Waals surface area contributed by atoms with Crippen molar-refractivity contribution in [2.45, 2.75) is 20.8 Å². The number of anilines is 3. The molecule has 0 bridgehead atoms. The average molecular weight is 400 g/mol. The summed E-state index contributed by atoms with van der Waals surface area (Å²) in [7, 11) is 0. The molecule has 0 aliphatic carbocycles. The lowest BCUT2D eigenvalue weighted by Gasteiger charge is -2.20. The van der Waals surface area contributed by atoms with Crippen molar-refractivity contribution in [3.05, 3.63) is 59.5 Å². The van der Waals surface area contributed by atoms with Crippen LogP contribution in [0.3, 0.4) is 0 Å². The Morgan fingerprint density at radius 1 is 1.15 bits per heavy atom. The summed E-state index contributed by atoms with van der Waals surface area (Å²) in [6, 6.07) is 15.8. The Morgan fingerprint density at radius 3 is 2.52 bits per heavy atom. The van der Waals surface area contributed by atoms with Gasteiger partial charge in [0.2, 0.25) is 5.91 Å². The van der Waals surface area contributed by atoms with Crippen LogP contribution in [0.25, 0.3) is 11.3 Å². The zero-order valence-corrected chi connectivity index (χ0v) is 17.1. The zero-order valence-electron chi connectivity index (χ0n) is 15.5. The number of nitrogens with one attached hydrogen (secondary N) is 2. The second kappa shape index (κ2) is 8.11. The first-order chi connectivity index (χ1) is 12.9. The topological polar surface area (TPSA) is 54.0 Å². The van der Waals surface area contributed by atoms with Crippen molar-refractivity contribution in [1.82, 2.24) is 4.98 Å². The smallest absolute Gasteiger partial charge is 0.231 e. The fourth-order valence-electron chi connectivity index (χ4n) is 2.38. The van der Waals surface area contributed by atoms with Gasteiger partial charge in [-0.2, -0.15) is 0 Å². The van der Waals surface area contributed by atoms with Crippen molar-refractivity contribution < 1.29 is 4.79 Å². The first-order valence-electron chi connectivity index (χ1n) is 8.65. The van der Waals surface area contributed by atoms with Gasteiger partial charge in [-0.3, -0.25) is 4.79 Å². The molecule has 27 heavy (non-hydrogen) atoms. The van der Waals surface area contributed by atoms with Crippen LogP contribution in [0.1, 0.15) is 19.4 Å². The number of aryl methyl sites for hydroxylation is 1. The van der Waals surface area contributed by atoms with Crippen LogP contribution in [0.2, 0.25) is 0 Å². The third kappa shape index (κ3) is 4.67. The molecule has 0 unspecified atom stereocenters. The van der Waals surface area contributed by atoms with Gasteiger partial charge in [0.25, 0.3) is 0 Å². The van der Waals surface area contributed by atoms with Crippen LogP contribution < -0.4 is 10.6 Å². The lowest BCUT2D eigenvalue weighted by molar-refractivity contribution is -0.122. The van der Waals surface area contributed by atoms with Crippen molar-refractivity contribution in [1.29, 1.82) is 0 Å². The molecule has 0 radical (unpaired) electrons. The van der Waals surface area contributed by atoms with Gasteiger partial charge in [-0.25, -0.2) is 4.98 Å². The number of thiazole rings is 1. The Labute approximate surface area is 168 Å². The highest BCUT2D eigenvalue weighted by Crippen LogP contribution is 2.29. The summed E-state index contributed by atoms with van der Waals surface area (Å²) >= 11 is 7.42. The van der Waals surface area contributed by atoms with E-state index in [-0.39, 0.29) is 11.8 Å². The van der Waals surface area contributed by atoms with E-state index < -0.39 is 5.41 Å². The molecule has 140 valence electrons. The minimum Gasteiger partial charge on any atom is -0.331 e. The number of carbonyl (C=O) groups excluding carboxylic acids is 1. The van der Waals surface area contributed by atoms with E-state index in [0.717, 1.165) is 27.8 Å². The third-order valence-corrected chi connectivity index (χ3v) is 5.70. The Balaban J connectivity index is 1.70. The van der Waals surface area contributed by atoms with E-state index in [1.807, 2.05) is 61.7 Å². The number of nitrogens with zero attached hydrogens (tertiary/aromatic N) is 1. The van der Waals surface area contributed by atoms with Crippen LogP contribution in [0.5, 0.6) is 0 Å². The van der Waals surface area contributed by atoms with Crippen LogP contribution in [-0.2, 0) is 4.79 Å². The number of para-hydroxylation sites is 1. The summed E-state index contributed by atoms with van der Waals surface area (Å²) in [4.78, 5) is 16.9. The van der Waals surface area contributed by atoms with Gasteiger partial charge in [-0.05, 0) is 44.5 Å². The van der Waals surface area contributed by atoms with Crippen molar-refractivity contribution in [2.75, 3.05) is 16.5 Å². The zero-order chi connectivity index (χ0) is 19.4. The summed E-state index contributed by atoms with van der Waals surface area (Å²) in [6.45, 7) is 5.71. The normalized spacial score (nSPS) is 11.3. The molecule has 0 atom stereocenters. The van der Waals surface area contributed by atoms with Gasteiger partial charge in [0.15, 0.2) is 5.13 Å². The monoisotopic (exact) mass is 399 g/mol. The molecule has 2 N–H and O–H groups in total. The minimum atomic E-state index is -0.606. The van der Waals surface area contributed by atoms with Gasteiger partial charge in [0.05, 0.1) is 11.1 Å². The van der Waals surface area contributed by atoms with Crippen molar-refractivity contribution >= 4 is 45.4 Å². The van der Waals surface area contributed by atoms with Crippen LogP contribution in [0, 0.1) is 12.3 Å². The number of alkyl halides is 1. The summed E-state index contributed by atoms with van der Waals surface area (Å²) in [5.41, 5.74) is 4.27. The molecule has 0 aliphatic rings. The molecule has 0 fully saturated rings. The molecule has 2 aromatic carbocycles. The number of aromatic nitrogens is 1. The minimum absolute atomic E-state index is 0.0939. The fourth-order valence-corrected chi connectivity index (χ4v) is 3.23. The van der Waals surface area contributed by atoms with Crippen molar-refractivity contribution in [2.24, 2.45) is 5.41 Å². The quantitative estimate of drug-likeness (QED) is 0.495. The molecule has 0 saturated heterocycles. The van der Waals surface area contributed by atoms with E-state index in [2.05, 4.69) is 28.6 Å². The van der Waals surface area contributed by atoms with Crippen molar-refractivity contribution in [3.8, 4) is 11.3 Å². The molecule has 0 saturated carbocycles. The van der Waals surface area contributed by atoms with Gasteiger partial charge in [0.1, 0.15) is 0 Å². The number of halogens is 1. The largest absolute Gasteiger partial charge is 0.331 e. The maximum Gasteiger partial charge on any atom is 0.231 e. The third-order valence-electron chi connectivity index (χ3n) is 4.28. The Morgan fingerprint density at radius 2 is 1.85 bits per heavy atom. The fraction of sp³-hybridized carbons (Fsp3) is 0.238. The first kappa shape index (κ1) is 19.4. The molecule has 1 amide bonds. The molecule has 1 aromatic heterocycles. The molecular weight excluding hydrogens is 378 g/mol. The van der Waals surface area contributed by atoms with E-state index in [9.17, 15) is 4.79 Å². The second-order valence-electron chi connectivity index (χ2n) is 7.03. The number of carbonyl (C=O) groups is 1. The Hall–Kier alpha value is -2.37. The predicted molar refractivity (Wildman–Crippen MR) is 115 cm³/mol. The maximum absolute atomic E-state index is 12.2. The molecule has 3 aromatic rings. The standard InChI is InChI=1S/C21H22ClN3OS/c1-14-6-4-5-7-17(14)24-20-25-18(12-27-20)15-8-10-16(11-9-15)23-19(26)21(2,3)13-22/h4-12H,13H2,1-3H3,(H,23,26)(H,24,25). The molecule has 0 aliphatic heterocycles. The van der Waals surface area contributed by atoms with Gasteiger partial charge < -0.3 is 10.6 Å². The SMILES string of the molecule is Cc1ccccc1Nc1nc(-c2ccc(NC(=O)C(C)(C)CCl)cc2)cs1. The summed E-state index contributed by atoms with van der Waals surface area (Å²) in [6.07, 6.45) is 0. The van der Waals surface area contributed by atoms with Gasteiger partial charge in [-0.1, -0.05) is 30.3 Å². The van der Waals surface area contributed by atoms with E-state index in [1.54, 1.807) is 11.3 Å². The Bertz CT molecular complexity index is 935. The van der Waals surface area contributed by atoms with E-state index in [4.69, 9.17) is 11.6 Å². The number of hydrogen-bond acceptors (Lipinski definition) is 4. The number of amides is 1. The molecule has 0 spiro atoms. The first-order valence-corrected chi connectivity index (χ1v) is 10.1. The number of hydrogen-bond donors (Lipinski definition) is 2. The maximum atomic E-state index is 12.2. The van der Waals surface area contributed by atoms with Gasteiger partial charge >= 0.3 is 0 Å². The molecule has 4 nitrogen and oxygen atoms in total. The van der Waals surface area contributed by atoms with E-state index in [1.165, 1.54) is 5.56 Å². The van der Waals surface area contributed by atoms with Crippen molar-refractivity contribution in [3.63, 3.8) is 0 Å². The number of rotatable bonds is 6. The van der Waals surface area contributed by atoms with Crippen LogP contribution in [-0.4, -0.2) is 16.8 Å². The summed E-state index contributed by atoms with van der Waals surface area (Å²) in [5.74, 6) is 0.176. The Kier molecular flexibility index (Phi) is 5.82. The lowest BCUT2D eigenvalue weighted by Crippen LogP contribution is -2.32. The predicted octanol–water partition coefficient (Wildman–Crippen LogP) is 6.07. The molecule has 3 rings (SSSR count). The van der Waals surface area contributed by atoms with E-state index in [0.29, 0.717) is 0 Å². The van der Waals surface area contributed by atoms with E-state index >= 15 is 0 Å². The van der Waals surface area contributed by atoms with Crippen LogP contribution >= 0.6 is 22.9 Å². The van der Waals surface area contributed by atoms with Crippen LogP contribution in [0.4, 0.5) is 16.5 Å². The highest BCUT2D eigenvalue weighted by molar-refractivity contribution is 7.14. The highest BCUT2D eigenvalue weighted by Gasteiger charge is 2.26. The average Bonchev–Trinajstić information content (AvgIpc) is 3.13. The highest BCUT2D eigenvalue weighted by atomic mass is 35.5. The summed E-state index contributed by atoms with van der Waals surface area (Å²) in [5, 5.41) is 9.13. The van der Waals surface area contributed by atoms with Crippen LogP contribution in [0.15, 0.2) is 53.9 Å². The summed E-state index contributed by atoms with van der Waals surface area (Å²) < 4.78 is 0. The molecular formula is C21H22ClN3OS. The van der Waals surface area contributed by atoms with Gasteiger partial charge in [-0.15, -0.1) is 22.9 Å².